The van der Waals surface area contributed by atoms with E-state index in [1.165, 1.54) is 24.3 Å². The monoisotopic (exact) mass is 433 g/mol. The van der Waals surface area contributed by atoms with Crippen LogP contribution in [0.5, 0.6) is 11.6 Å². The molecule has 1 aromatic heterocycles. The van der Waals surface area contributed by atoms with Crippen LogP contribution in [0.2, 0.25) is 0 Å². The zero-order valence-electron chi connectivity index (χ0n) is 11.6. The van der Waals surface area contributed by atoms with Gasteiger partial charge in [0, 0.05) is 15.2 Å². The number of benzene rings is 2. The number of hydrogen-bond donors (Lipinski definition) is 1. The molecular formula is C16H11F3INO2. The molecule has 3 aromatic rings. The summed E-state index contributed by atoms with van der Waals surface area (Å²) in [5.41, 5.74) is 0.755. The number of alkyl halides is 3. The predicted octanol–water partition coefficient (Wildman–Crippen LogP) is 4.90. The van der Waals surface area contributed by atoms with Crippen LogP contribution in [-0.2, 0) is 6.54 Å². The Morgan fingerprint density at radius 1 is 1.09 bits per heavy atom. The summed E-state index contributed by atoms with van der Waals surface area (Å²) >= 11 is 2.15. The Labute approximate surface area is 143 Å². The van der Waals surface area contributed by atoms with Crippen molar-refractivity contribution in [3.8, 4) is 11.6 Å². The number of halogens is 4. The van der Waals surface area contributed by atoms with Crippen molar-refractivity contribution in [3.63, 3.8) is 0 Å². The summed E-state index contributed by atoms with van der Waals surface area (Å²) in [7, 11) is 0. The molecule has 0 radical (unpaired) electrons. The molecule has 0 saturated carbocycles. The van der Waals surface area contributed by atoms with E-state index in [4.69, 9.17) is 0 Å². The minimum Gasteiger partial charge on any atom is -0.494 e. The van der Waals surface area contributed by atoms with Gasteiger partial charge in [0.15, 0.2) is 5.88 Å². The number of nitrogens with zero attached hydrogens (tertiary/aromatic N) is 1. The molecule has 0 aliphatic carbocycles. The summed E-state index contributed by atoms with van der Waals surface area (Å²) < 4.78 is 42.8. The van der Waals surface area contributed by atoms with Crippen LogP contribution in [-0.4, -0.2) is 16.0 Å². The molecule has 7 heteroatoms. The van der Waals surface area contributed by atoms with E-state index >= 15 is 0 Å². The first kappa shape index (κ1) is 16.0. The van der Waals surface area contributed by atoms with Gasteiger partial charge in [0.2, 0.25) is 0 Å². The summed E-state index contributed by atoms with van der Waals surface area (Å²) in [4.78, 5) is 0. The highest BCUT2D eigenvalue weighted by Gasteiger charge is 2.30. The maximum Gasteiger partial charge on any atom is 0.573 e. The van der Waals surface area contributed by atoms with Gasteiger partial charge in [0.05, 0.1) is 11.9 Å². The molecule has 0 amide bonds. The Kier molecular flexibility index (Phi) is 4.13. The normalized spacial score (nSPS) is 11.8. The van der Waals surface area contributed by atoms with E-state index in [0.29, 0.717) is 6.54 Å². The molecule has 0 aliphatic rings. The van der Waals surface area contributed by atoms with Gasteiger partial charge in [-0.1, -0.05) is 24.3 Å². The van der Waals surface area contributed by atoms with Gasteiger partial charge in [0.1, 0.15) is 5.75 Å². The largest absolute Gasteiger partial charge is 0.573 e. The summed E-state index contributed by atoms with van der Waals surface area (Å²) in [5, 5.41) is 12.0. The zero-order chi connectivity index (χ0) is 16.6. The van der Waals surface area contributed by atoms with Crippen LogP contribution >= 0.6 is 22.6 Å². The van der Waals surface area contributed by atoms with Crippen molar-refractivity contribution in [1.29, 1.82) is 0 Å². The number of hydrogen-bond acceptors (Lipinski definition) is 2. The van der Waals surface area contributed by atoms with E-state index in [0.717, 1.165) is 19.9 Å². The van der Waals surface area contributed by atoms with Crippen molar-refractivity contribution in [2.75, 3.05) is 0 Å². The molecule has 0 spiro atoms. The summed E-state index contributed by atoms with van der Waals surface area (Å²) in [6, 6.07) is 11.3. The Morgan fingerprint density at radius 3 is 2.39 bits per heavy atom. The molecule has 1 N–H and O–H groups in total. The zero-order valence-corrected chi connectivity index (χ0v) is 13.8. The molecule has 0 aliphatic heterocycles. The average molecular weight is 433 g/mol. The minimum absolute atomic E-state index is 0.139. The van der Waals surface area contributed by atoms with Crippen LogP contribution in [0.3, 0.4) is 0 Å². The summed E-state index contributed by atoms with van der Waals surface area (Å²) in [5.74, 6) is -0.127. The van der Waals surface area contributed by atoms with Gasteiger partial charge in [-0.05, 0) is 46.4 Å². The highest BCUT2D eigenvalue weighted by molar-refractivity contribution is 14.1. The van der Waals surface area contributed by atoms with Crippen LogP contribution in [0.4, 0.5) is 13.2 Å². The molecule has 3 nitrogen and oxygen atoms in total. The second kappa shape index (κ2) is 5.95. The Hall–Kier alpha value is -1.90. The van der Waals surface area contributed by atoms with E-state index in [2.05, 4.69) is 27.3 Å². The maximum absolute atomic E-state index is 12.1. The van der Waals surface area contributed by atoms with Crippen molar-refractivity contribution < 1.29 is 23.0 Å². The maximum atomic E-state index is 12.1. The lowest BCUT2D eigenvalue weighted by Crippen LogP contribution is -2.17. The lowest BCUT2D eigenvalue weighted by molar-refractivity contribution is -0.274. The van der Waals surface area contributed by atoms with Gasteiger partial charge in [-0.3, -0.25) is 0 Å². The fourth-order valence-corrected chi connectivity index (χ4v) is 3.13. The number of rotatable bonds is 3. The van der Waals surface area contributed by atoms with Crippen molar-refractivity contribution >= 4 is 33.4 Å². The van der Waals surface area contributed by atoms with E-state index in [9.17, 15) is 18.3 Å². The third-order valence-electron chi connectivity index (χ3n) is 3.35. The van der Waals surface area contributed by atoms with Crippen molar-refractivity contribution in [2.24, 2.45) is 0 Å². The smallest absolute Gasteiger partial charge is 0.494 e. The van der Waals surface area contributed by atoms with Crippen LogP contribution in [0.15, 0.2) is 48.7 Å². The third-order valence-corrected chi connectivity index (χ3v) is 4.25. The number of ether oxygens (including phenoxy) is 1. The lowest BCUT2D eigenvalue weighted by atomic mass is 10.2. The van der Waals surface area contributed by atoms with Crippen LogP contribution in [0, 0.1) is 3.57 Å². The number of aromatic hydroxyl groups is 1. The quantitative estimate of drug-likeness (QED) is 0.597. The van der Waals surface area contributed by atoms with Crippen LogP contribution in [0.1, 0.15) is 5.56 Å². The van der Waals surface area contributed by atoms with Crippen LogP contribution in [0.25, 0.3) is 10.8 Å². The molecule has 1 heterocycles. The van der Waals surface area contributed by atoms with E-state index in [-0.39, 0.29) is 11.6 Å². The molecule has 2 aromatic carbocycles. The molecule has 0 atom stereocenters. The SMILES string of the molecule is Oc1c2c(I)cccc2cn1Cc1ccc(OC(F)(F)F)cc1. The highest BCUT2D eigenvalue weighted by atomic mass is 127. The van der Waals surface area contributed by atoms with E-state index in [1.54, 1.807) is 4.57 Å². The molecular weight excluding hydrogens is 422 g/mol. The van der Waals surface area contributed by atoms with Crippen LogP contribution < -0.4 is 4.74 Å². The molecule has 3 rings (SSSR count). The first-order valence-corrected chi connectivity index (χ1v) is 7.72. The standard InChI is InChI=1S/C16H11F3INO2/c17-16(18,19)23-12-6-4-10(5-7-12)8-21-9-11-2-1-3-13(20)14(11)15(21)22/h1-7,9,22H,8H2. The van der Waals surface area contributed by atoms with E-state index < -0.39 is 6.36 Å². The van der Waals surface area contributed by atoms with E-state index in [1.807, 2.05) is 24.4 Å². The van der Waals surface area contributed by atoms with Crippen molar-refractivity contribution in [3.05, 3.63) is 57.8 Å². The fourth-order valence-electron chi connectivity index (χ4n) is 2.37. The number of aromatic nitrogens is 1. The second-order valence-corrected chi connectivity index (χ2v) is 6.14. The summed E-state index contributed by atoms with van der Waals surface area (Å²) in [6.07, 6.45) is -2.89. The Balaban J connectivity index is 1.85. The second-order valence-electron chi connectivity index (χ2n) is 4.98. The average Bonchev–Trinajstić information content (AvgIpc) is 2.77. The molecule has 23 heavy (non-hydrogen) atoms. The fraction of sp³-hybridized carbons (Fsp3) is 0.125. The molecule has 0 bridgehead atoms. The molecule has 0 fully saturated rings. The Bertz CT molecular complexity index is 841. The van der Waals surface area contributed by atoms with Gasteiger partial charge < -0.3 is 14.4 Å². The third kappa shape index (κ3) is 3.54. The lowest BCUT2D eigenvalue weighted by Gasteiger charge is -2.10. The molecule has 0 saturated heterocycles. The first-order chi connectivity index (χ1) is 10.8. The van der Waals surface area contributed by atoms with Gasteiger partial charge >= 0.3 is 6.36 Å². The first-order valence-electron chi connectivity index (χ1n) is 6.64. The van der Waals surface area contributed by atoms with Gasteiger partial charge in [-0.2, -0.15) is 0 Å². The van der Waals surface area contributed by atoms with Crippen molar-refractivity contribution in [2.45, 2.75) is 12.9 Å². The molecule has 120 valence electrons. The van der Waals surface area contributed by atoms with Gasteiger partial charge in [-0.25, -0.2) is 0 Å². The topological polar surface area (TPSA) is 34.4 Å². The number of fused-ring (bicyclic) bond motifs is 1. The minimum atomic E-state index is -4.70. The Morgan fingerprint density at radius 2 is 1.78 bits per heavy atom. The van der Waals surface area contributed by atoms with Gasteiger partial charge in [0.25, 0.3) is 0 Å². The highest BCUT2D eigenvalue weighted by Crippen LogP contribution is 2.32. The summed E-state index contributed by atoms with van der Waals surface area (Å²) in [6.45, 7) is 0.350. The van der Waals surface area contributed by atoms with Crippen molar-refractivity contribution in [1.82, 2.24) is 4.57 Å². The predicted molar refractivity (Wildman–Crippen MR) is 88.5 cm³/mol. The van der Waals surface area contributed by atoms with Gasteiger partial charge in [-0.15, -0.1) is 13.2 Å². The molecule has 0 unspecified atom stereocenters.